The van der Waals surface area contributed by atoms with Gasteiger partial charge in [-0.2, -0.15) is 0 Å². The van der Waals surface area contributed by atoms with Crippen molar-refractivity contribution < 1.29 is 9.53 Å². The van der Waals surface area contributed by atoms with Gasteiger partial charge >= 0.3 is 5.97 Å². The van der Waals surface area contributed by atoms with E-state index in [1.165, 1.54) is 11.3 Å². The van der Waals surface area contributed by atoms with Crippen LogP contribution in [0.2, 0.25) is 0 Å². The summed E-state index contributed by atoms with van der Waals surface area (Å²) >= 11 is 1.38. The Morgan fingerprint density at radius 2 is 1.86 bits per heavy atom. The van der Waals surface area contributed by atoms with E-state index in [1.54, 1.807) is 18.6 Å². The molecule has 0 unspecified atom stereocenters. The third kappa shape index (κ3) is 3.34. The first-order valence-electron chi connectivity index (χ1n) is 8.96. The lowest BCUT2D eigenvalue weighted by molar-refractivity contribution is 0.0524. The monoisotopic (exact) mass is 390 g/mol. The van der Waals surface area contributed by atoms with Gasteiger partial charge in [0.15, 0.2) is 0 Å². The second-order valence-electron chi connectivity index (χ2n) is 6.25. The fourth-order valence-electron chi connectivity index (χ4n) is 3.21. The van der Waals surface area contributed by atoms with Crippen LogP contribution in [0.15, 0.2) is 71.1 Å². The number of esters is 1. The molecule has 0 N–H and O–H groups in total. The van der Waals surface area contributed by atoms with Gasteiger partial charge < -0.3 is 9.30 Å². The van der Waals surface area contributed by atoms with Crippen molar-refractivity contribution in [3.8, 4) is 11.1 Å². The van der Waals surface area contributed by atoms with Gasteiger partial charge in [0.25, 0.3) is 0 Å². The van der Waals surface area contributed by atoms with Gasteiger partial charge in [-0.1, -0.05) is 54.6 Å². The zero-order valence-corrected chi connectivity index (χ0v) is 16.1. The summed E-state index contributed by atoms with van der Waals surface area (Å²) in [5, 5.41) is 0. The molecule has 4 rings (SSSR count). The maximum absolute atomic E-state index is 12.6. The number of pyridine rings is 1. The van der Waals surface area contributed by atoms with E-state index < -0.39 is 5.97 Å². The largest absolute Gasteiger partial charge is 0.462 e. The zero-order valence-electron chi connectivity index (χ0n) is 15.3. The van der Waals surface area contributed by atoms with Crippen LogP contribution >= 0.6 is 11.3 Å². The number of aromatic nitrogens is 2. The third-order valence-corrected chi connectivity index (χ3v) is 5.35. The molecule has 2 aromatic carbocycles. The fourth-order valence-corrected chi connectivity index (χ4v) is 3.98. The number of thiazole rings is 1. The zero-order chi connectivity index (χ0) is 19.5. The van der Waals surface area contributed by atoms with Gasteiger partial charge in [0.1, 0.15) is 15.9 Å². The second kappa shape index (κ2) is 7.78. The van der Waals surface area contributed by atoms with Crippen molar-refractivity contribution in [2.45, 2.75) is 13.5 Å². The highest BCUT2D eigenvalue weighted by Gasteiger charge is 2.19. The van der Waals surface area contributed by atoms with Crippen molar-refractivity contribution in [2.75, 3.05) is 6.61 Å². The van der Waals surface area contributed by atoms with Gasteiger partial charge in [-0.15, -0.1) is 11.3 Å². The highest BCUT2D eigenvalue weighted by atomic mass is 32.1. The summed E-state index contributed by atoms with van der Waals surface area (Å²) in [5.41, 5.74) is 4.86. The van der Waals surface area contributed by atoms with Crippen LogP contribution < -0.4 is 5.43 Å². The van der Waals surface area contributed by atoms with E-state index in [2.05, 4.69) is 29.2 Å². The average molecular weight is 390 g/mol. The minimum Gasteiger partial charge on any atom is -0.462 e. The number of carbonyl (C=O) groups excluding carboxylic acids is 1. The molecule has 0 bridgehead atoms. The lowest BCUT2D eigenvalue weighted by Gasteiger charge is -2.14. The maximum atomic E-state index is 12.6. The molecule has 0 atom stereocenters. The van der Waals surface area contributed by atoms with Crippen molar-refractivity contribution in [2.24, 2.45) is 0 Å². The summed E-state index contributed by atoms with van der Waals surface area (Å²) in [7, 11) is 0. The van der Waals surface area contributed by atoms with Crippen LogP contribution in [0.1, 0.15) is 22.8 Å². The number of ether oxygens (including phenoxy) is 1. The molecule has 0 aliphatic carbocycles. The summed E-state index contributed by atoms with van der Waals surface area (Å²) in [6.07, 6.45) is 1.59. The highest BCUT2D eigenvalue weighted by molar-refractivity contribution is 7.16. The molecule has 5 nitrogen and oxygen atoms in total. The molecular formula is C22H18N2O3S. The molecule has 2 aromatic heterocycles. The van der Waals surface area contributed by atoms with Gasteiger partial charge in [0, 0.05) is 12.7 Å². The first kappa shape index (κ1) is 18.1. The molecule has 0 amide bonds. The van der Waals surface area contributed by atoms with Crippen LogP contribution in [0.4, 0.5) is 0 Å². The van der Waals surface area contributed by atoms with Crippen LogP contribution in [-0.2, 0) is 11.3 Å². The lowest BCUT2D eigenvalue weighted by atomic mass is 9.99. The summed E-state index contributed by atoms with van der Waals surface area (Å²) in [5.74, 6) is -0.618. The number of benzene rings is 2. The van der Waals surface area contributed by atoms with Gasteiger partial charge in [0.05, 0.1) is 12.1 Å². The second-order valence-corrected chi connectivity index (χ2v) is 7.08. The SMILES string of the molecule is CCOC(=O)c1cn(Cc2ccccc2-c2ccccc2)c2scnc2c1=O. The normalized spacial score (nSPS) is 10.9. The Labute approximate surface area is 165 Å². The molecule has 0 saturated carbocycles. The number of hydrogen-bond donors (Lipinski definition) is 0. The molecule has 6 heteroatoms. The molecule has 0 aliphatic rings. The molecule has 0 spiro atoms. The Balaban J connectivity index is 1.84. The van der Waals surface area contributed by atoms with Gasteiger partial charge in [-0.3, -0.25) is 4.79 Å². The Morgan fingerprint density at radius 3 is 2.64 bits per heavy atom. The minimum absolute atomic E-state index is 0.0115. The van der Waals surface area contributed by atoms with Crippen molar-refractivity contribution in [1.29, 1.82) is 0 Å². The summed E-state index contributed by atoms with van der Waals surface area (Å²) < 4.78 is 6.96. The number of nitrogens with zero attached hydrogens (tertiary/aromatic N) is 2. The van der Waals surface area contributed by atoms with E-state index in [0.29, 0.717) is 12.1 Å². The van der Waals surface area contributed by atoms with E-state index in [4.69, 9.17) is 4.74 Å². The first-order valence-corrected chi connectivity index (χ1v) is 9.84. The smallest absolute Gasteiger partial charge is 0.343 e. The fraction of sp³-hybridized carbons (Fsp3) is 0.136. The lowest BCUT2D eigenvalue weighted by Crippen LogP contribution is -2.21. The third-order valence-electron chi connectivity index (χ3n) is 4.49. The van der Waals surface area contributed by atoms with Crippen molar-refractivity contribution >= 4 is 27.7 Å². The Hall–Kier alpha value is -3.25. The van der Waals surface area contributed by atoms with Gasteiger partial charge in [0.2, 0.25) is 5.43 Å². The van der Waals surface area contributed by atoms with Crippen LogP contribution in [0.25, 0.3) is 21.5 Å². The summed E-state index contributed by atoms with van der Waals surface area (Å²) in [6.45, 7) is 2.44. The highest BCUT2D eigenvalue weighted by Crippen LogP contribution is 2.26. The van der Waals surface area contributed by atoms with Crippen LogP contribution in [0.3, 0.4) is 0 Å². The standard InChI is InChI=1S/C22H18N2O3S/c1-2-27-22(26)18-13-24(21-19(20(18)25)23-14-28-21)12-16-10-6-7-11-17(16)15-8-4-3-5-9-15/h3-11,13-14H,2,12H2,1H3. The average Bonchev–Trinajstić information content (AvgIpc) is 3.22. The molecular weight excluding hydrogens is 372 g/mol. The summed E-state index contributed by atoms with van der Waals surface area (Å²) in [4.78, 5) is 29.8. The molecule has 28 heavy (non-hydrogen) atoms. The van der Waals surface area contributed by atoms with E-state index in [9.17, 15) is 9.59 Å². The molecule has 2 heterocycles. The van der Waals surface area contributed by atoms with Gasteiger partial charge in [-0.25, -0.2) is 9.78 Å². The Morgan fingerprint density at radius 1 is 1.11 bits per heavy atom. The first-order chi connectivity index (χ1) is 13.7. The predicted octanol–water partition coefficient (Wildman–Crippen LogP) is 4.35. The van der Waals surface area contributed by atoms with Crippen LogP contribution in [-0.4, -0.2) is 22.1 Å². The van der Waals surface area contributed by atoms with Crippen LogP contribution in [0.5, 0.6) is 0 Å². The van der Waals surface area contributed by atoms with Crippen molar-refractivity contribution in [3.05, 3.63) is 87.7 Å². The molecule has 140 valence electrons. The Bertz CT molecular complexity index is 1200. The van der Waals surface area contributed by atoms with Crippen molar-refractivity contribution in [1.82, 2.24) is 9.55 Å². The topological polar surface area (TPSA) is 61.2 Å². The van der Waals surface area contributed by atoms with Gasteiger partial charge in [-0.05, 0) is 23.6 Å². The molecule has 0 fully saturated rings. The molecule has 0 aliphatic heterocycles. The number of hydrogen-bond acceptors (Lipinski definition) is 5. The molecule has 4 aromatic rings. The van der Waals surface area contributed by atoms with E-state index >= 15 is 0 Å². The Kier molecular flexibility index (Phi) is 5.04. The number of carbonyl (C=O) groups is 1. The summed E-state index contributed by atoms with van der Waals surface area (Å²) in [6, 6.07) is 18.2. The van der Waals surface area contributed by atoms with Crippen molar-refractivity contribution in [3.63, 3.8) is 0 Å². The van der Waals surface area contributed by atoms with Crippen LogP contribution in [0, 0.1) is 0 Å². The van der Waals surface area contributed by atoms with E-state index in [0.717, 1.165) is 21.5 Å². The quantitative estimate of drug-likeness (QED) is 0.475. The molecule has 0 saturated heterocycles. The van der Waals surface area contributed by atoms with E-state index in [-0.39, 0.29) is 17.6 Å². The minimum atomic E-state index is -0.618. The predicted molar refractivity (Wildman–Crippen MR) is 111 cm³/mol. The molecule has 0 radical (unpaired) electrons. The van der Waals surface area contributed by atoms with E-state index in [1.807, 2.05) is 34.9 Å². The number of rotatable bonds is 5. The maximum Gasteiger partial charge on any atom is 0.343 e. The number of fused-ring (bicyclic) bond motifs is 1.